The molecule has 3 aliphatic rings. The van der Waals surface area contributed by atoms with Crippen LogP contribution in [-0.4, -0.2) is 51.6 Å². The number of nitrogens with zero attached hydrogens (tertiary/aromatic N) is 3. The fourth-order valence-corrected chi connectivity index (χ4v) is 5.91. The Morgan fingerprint density at radius 2 is 1.97 bits per heavy atom. The Hall–Kier alpha value is -3.72. The summed E-state index contributed by atoms with van der Waals surface area (Å²) >= 11 is 6.54. The van der Waals surface area contributed by atoms with Gasteiger partial charge in [-0.2, -0.15) is 5.10 Å². The predicted octanol–water partition coefficient (Wildman–Crippen LogP) is 4.15. The maximum atomic E-state index is 15.2. The van der Waals surface area contributed by atoms with Gasteiger partial charge in [-0.05, 0) is 60.6 Å². The quantitative estimate of drug-likeness (QED) is 0.544. The number of carbonyl (C=O) groups excluding carboxylic acids is 2. The van der Waals surface area contributed by atoms with E-state index in [9.17, 15) is 14.4 Å². The predicted molar refractivity (Wildman–Crippen MR) is 133 cm³/mol. The van der Waals surface area contributed by atoms with Crippen molar-refractivity contribution >= 4 is 29.2 Å². The van der Waals surface area contributed by atoms with Crippen molar-refractivity contribution in [3.8, 4) is 11.1 Å². The van der Waals surface area contributed by atoms with Gasteiger partial charge in [0.05, 0.1) is 22.4 Å². The van der Waals surface area contributed by atoms with Crippen molar-refractivity contribution in [3.05, 3.63) is 80.0 Å². The molecule has 3 amide bonds. The third-order valence-electron chi connectivity index (χ3n) is 7.44. The zero-order valence-electron chi connectivity index (χ0n) is 19.5. The lowest BCUT2D eigenvalue weighted by Crippen LogP contribution is -2.45. The largest absolute Gasteiger partial charge is 0.341 e. The van der Waals surface area contributed by atoms with Gasteiger partial charge >= 0.3 is 6.03 Å². The highest BCUT2D eigenvalue weighted by molar-refractivity contribution is 6.33. The molecule has 1 aromatic heterocycles. The zero-order valence-corrected chi connectivity index (χ0v) is 20.2. The van der Waals surface area contributed by atoms with Crippen molar-refractivity contribution in [1.82, 2.24) is 20.0 Å². The number of H-pyrrole nitrogens is 1. The second kappa shape index (κ2) is 8.44. The molecule has 0 aliphatic carbocycles. The number of aromatic amines is 1. The minimum Gasteiger partial charge on any atom is -0.341 e. The molecule has 10 heteroatoms. The van der Waals surface area contributed by atoms with Crippen LogP contribution in [0.2, 0.25) is 5.02 Å². The third kappa shape index (κ3) is 3.65. The summed E-state index contributed by atoms with van der Waals surface area (Å²) in [6.07, 6.45) is 2.75. The van der Waals surface area contributed by atoms with Crippen molar-refractivity contribution in [1.29, 1.82) is 0 Å². The lowest BCUT2D eigenvalue weighted by Gasteiger charge is -2.35. The molecule has 3 aromatic rings. The fraction of sp³-hybridized carbons (Fsp3) is 0.308. The van der Waals surface area contributed by atoms with Crippen molar-refractivity contribution in [2.24, 2.45) is 0 Å². The Kier molecular flexibility index (Phi) is 5.33. The van der Waals surface area contributed by atoms with E-state index < -0.39 is 11.8 Å². The lowest BCUT2D eigenvalue weighted by molar-refractivity contribution is 0.0781. The van der Waals surface area contributed by atoms with Gasteiger partial charge in [-0.25, -0.2) is 14.3 Å². The molecule has 2 bridgehead atoms. The molecular weight excluding hydrogens is 485 g/mol. The van der Waals surface area contributed by atoms with Gasteiger partial charge in [-0.3, -0.25) is 9.59 Å². The maximum absolute atomic E-state index is 15.2. The maximum Gasteiger partial charge on any atom is 0.322 e. The fourth-order valence-electron chi connectivity index (χ4n) is 5.63. The molecule has 8 nitrogen and oxygen atoms in total. The van der Waals surface area contributed by atoms with Crippen LogP contribution in [0.4, 0.5) is 14.9 Å². The van der Waals surface area contributed by atoms with Crippen molar-refractivity contribution in [2.45, 2.75) is 37.8 Å². The Morgan fingerprint density at radius 3 is 2.81 bits per heavy atom. The molecule has 1 fully saturated rings. The van der Waals surface area contributed by atoms with Crippen LogP contribution in [0, 0.1) is 5.82 Å². The summed E-state index contributed by atoms with van der Waals surface area (Å²) in [6.45, 7) is 0.622. The first-order chi connectivity index (χ1) is 17.3. The molecule has 2 N–H and O–H groups in total. The van der Waals surface area contributed by atoms with Crippen LogP contribution in [0.3, 0.4) is 0 Å². The molecule has 2 atom stereocenters. The van der Waals surface area contributed by atoms with E-state index in [-0.39, 0.29) is 34.3 Å². The molecule has 0 radical (unpaired) electrons. The molecule has 6 rings (SSSR count). The molecule has 4 heterocycles. The van der Waals surface area contributed by atoms with Gasteiger partial charge < -0.3 is 15.1 Å². The summed E-state index contributed by atoms with van der Waals surface area (Å²) in [6, 6.07) is 8.86. The van der Waals surface area contributed by atoms with E-state index in [1.165, 1.54) is 18.2 Å². The highest BCUT2D eigenvalue weighted by Gasteiger charge is 2.44. The summed E-state index contributed by atoms with van der Waals surface area (Å²) in [7, 11) is 1.77. The van der Waals surface area contributed by atoms with E-state index in [1.807, 2.05) is 6.07 Å². The van der Waals surface area contributed by atoms with E-state index in [2.05, 4.69) is 15.5 Å². The Bertz CT molecular complexity index is 1490. The number of urea groups is 1. The summed E-state index contributed by atoms with van der Waals surface area (Å²) in [5, 5.41) is 9.60. The van der Waals surface area contributed by atoms with E-state index in [0.717, 1.165) is 24.0 Å². The number of aromatic nitrogens is 2. The molecule has 2 aromatic carbocycles. The standard InChI is InChI=1S/C26H23ClFN5O3/c1-32-7-6-14-8-13(2-4-17(14)25(32)35)18-11-20(28)21(12-19(18)27)29-26(36)33-16-3-5-22(33)24-15(9-16)10-23(34)30-31-24/h2,4,8,10-12,16,22H,3,5-7,9H2,1H3,(H,29,36)(H,30,34)/t16?,22-/m1/s1. The van der Waals surface area contributed by atoms with E-state index in [0.29, 0.717) is 41.8 Å². The van der Waals surface area contributed by atoms with Gasteiger partial charge in [-0.1, -0.05) is 23.7 Å². The van der Waals surface area contributed by atoms with Gasteiger partial charge in [0.1, 0.15) is 5.82 Å². The van der Waals surface area contributed by atoms with E-state index in [1.54, 1.807) is 29.0 Å². The first kappa shape index (κ1) is 22.7. The Labute approximate surface area is 211 Å². The average molecular weight is 508 g/mol. The number of nitrogens with one attached hydrogen (secondary N) is 2. The van der Waals surface area contributed by atoms with E-state index in [4.69, 9.17) is 11.6 Å². The molecule has 3 aliphatic heterocycles. The smallest absolute Gasteiger partial charge is 0.322 e. The van der Waals surface area contributed by atoms with Crippen LogP contribution >= 0.6 is 11.6 Å². The first-order valence-electron chi connectivity index (χ1n) is 11.9. The van der Waals surface area contributed by atoms with Crippen LogP contribution in [0.25, 0.3) is 11.1 Å². The minimum atomic E-state index is -0.608. The highest BCUT2D eigenvalue weighted by atomic mass is 35.5. The SMILES string of the molecule is CN1CCc2cc(-c3cc(F)c(NC(=O)N4C5CC[C@@H]4c4n[nH]c(=O)cc4C5)cc3Cl)ccc2C1=O. The number of amides is 3. The van der Waals surface area contributed by atoms with E-state index >= 15 is 4.39 Å². The van der Waals surface area contributed by atoms with Gasteiger partial charge in [0, 0.05) is 36.8 Å². The van der Waals surface area contributed by atoms with Gasteiger partial charge in [0.2, 0.25) is 0 Å². The van der Waals surface area contributed by atoms with Crippen molar-refractivity contribution in [2.75, 3.05) is 18.9 Å². The molecule has 184 valence electrons. The monoisotopic (exact) mass is 507 g/mol. The first-order valence-corrected chi connectivity index (χ1v) is 12.2. The summed E-state index contributed by atoms with van der Waals surface area (Å²) in [5.41, 5.74) is 4.00. The zero-order chi connectivity index (χ0) is 25.1. The molecule has 1 saturated heterocycles. The topological polar surface area (TPSA) is 98.4 Å². The average Bonchev–Trinajstić information content (AvgIpc) is 3.18. The number of carbonyl (C=O) groups is 2. The van der Waals surface area contributed by atoms with Crippen molar-refractivity contribution in [3.63, 3.8) is 0 Å². The lowest BCUT2D eigenvalue weighted by atomic mass is 9.94. The second-order valence-electron chi connectivity index (χ2n) is 9.59. The Balaban J connectivity index is 1.26. The number of hydrogen-bond donors (Lipinski definition) is 2. The van der Waals surface area contributed by atoms with Crippen LogP contribution in [0.15, 0.2) is 41.2 Å². The number of hydrogen-bond acceptors (Lipinski definition) is 4. The number of fused-ring (bicyclic) bond motifs is 5. The second-order valence-corrected chi connectivity index (χ2v) is 10.00. The molecular formula is C26H23ClFN5O3. The summed E-state index contributed by atoms with van der Waals surface area (Å²) < 4.78 is 15.2. The van der Waals surface area contributed by atoms with Gasteiger partial charge in [-0.15, -0.1) is 0 Å². The normalized spacial score (nSPS) is 20.2. The molecule has 1 unspecified atom stereocenters. The summed E-state index contributed by atoms with van der Waals surface area (Å²) in [4.78, 5) is 40.6. The number of likely N-dealkylation sites (N-methyl/N-ethyl adjacent to an activating group) is 1. The number of halogens is 2. The van der Waals surface area contributed by atoms with Crippen LogP contribution in [0.5, 0.6) is 0 Å². The van der Waals surface area contributed by atoms with Gasteiger partial charge in [0.25, 0.3) is 11.5 Å². The third-order valence-corrected chi connectivity index (χ3v) is 7.75. The molecule has 36 heavy (non-hydrogen) atoms. The Morgan fingerprint density at radius 1 is 1.14 bits per heavy atom. The number of rotatable bonds is 2. The van der Waals surface area contributed by atoms with Crippen molar-refractivity contribution < 1.29 is 14.0 Å². The number of anilines is 1. The highest BCUT2D eigenvalue weighted by Crippen LogP contribution is 2.43. The van der Waals surface area contributed by atoms with Crippen LogP contribution in [0.1, 0.15) is 46.1 Å². The van der Waals surface area contributed by atoms with Gasteiger partial charge in [0.15, 0.2) is 0 Å². The van der Waals surface area contributed by atoms with Crippen LogP contribution in [-0.2, 0) is 12.8 Å². The van der Waals surface area contributed by atoms with Crippen LogP contribution < -0.4 is 10.9 Å². The molecule has 0 spiro atoms. The minimum absolute atomic E-state index is 0.0110. The summed E-state index contributed by atoms with van der Waals surface area (Å²) in [5.74, 6) is -0.641. The number of benzene rings is 2. The molecule has 0 saturated carbocycles.